The molecule has 0 aromatic heterocycles. The molecule has 0 spiro atoms. The maximum absolute atomic E-state index is 3.81. The molecule has 6 rings (SSSR count). The Morgan fingerprint density at radius 1 is 0.654 bits per heavy atom. The Balaban J connectivity index is 1.44. The van der Waals surface area contributed by atoms with Gasteiger partial charge in [0.05, 0.1) is 11.4 Å². The molecule has 4 aromatic rings. The second kappa shape index (κ2) is 15.9. The van der Waals surface area contributed by atoms with Crippen LogP contribution in [0.1, 0.15) is 114 Å². The number of para-hydroxylation sites is 3. The standard InChI is InChI=1S/C49H59N3/c1-32(2)41-22-15-18-37(36(41)9)30-38-28-29-45(38)50-39-19-16-20-40(31-39)52(46-25-12-11-21-42(46)33(3)4)48-27-14-13-26-47(48)51(10)49-43(34(5)6)23-17-24-44(49)35(7)8/h12-20,22-29,31-35,50H,11,21,30H2,1-10H3. The first kappa shape index (κ1) is 37.0. The molecule has 270 valence electrons. The van der Waals surface area contributed by atoms with E-state index in [0.29, 0.717) is 23.7 Å². The van der Waals surface area contributed by atoms with Gasteiger partial charge in [-0.1, -0.05) is 122 Å². The van der Waals surface area contributed by atoms with Gasteiger partial charge >= 0.3 is 0 Å². The summed E-state index contributed by atoms with van der Waals surface area (Å²) >= 11 is 0. The molecule has 0 saturated carbocycles. The van der Waals surface area contributed by atoms with E-state index in [4.69, 9.17) is 0 Å². The molecule has 0 fully saturated rings. The van der Waals surface area contributed by atoms with Gasteiger partial charge in [-0.05, 0) is 131 Å². The van der Waals surface area contributed by atoms with E-state index in [1.54, 1.807) is 0 Å². The molecular formula is C49H59N3. The molecule has 3 heteroatoms. The van der Waals surface area contributed by atoms with E-state index in [2.05, 4.69) is 194 Å². The average molecular weight is 690 g/mol. The van der Waals surface area contributed by atoms with Crippen molar-refractivity contribution in [1.82, 2.24) is 0 Å². The third kappa shape index (κ3) is 7.56. The van der Waals surface area contributed by atoms with Crippen molar-refractivity contribution in [3.8, 4) is 0 Å². The van der Waals surface area contributed by atoms with E-state index in [1.165, 1.54) is 67.4 Å². The van der Waals surface area contributed by atoms with Gasteiger partial charge in [0, 0.05) is 35.5 Å². The zero-order valence-electron chi connectivity index (χ0n) is 33.2. The lowest BCUT2D eigenvalue weighted by Crippen LogP contribution is -2.24. The Labute approximate surface area is 314 Å². The molecule has 52 heavy (non-hydrogen) atoms. The number of nitrogens with one attached hydrogen (secondary N) is 1. The van der Waals surface area contributed by atoms with Crippen LogP contribution in [0.5, 0.6) is 0 Å². The van der Waals surface area contributed by atoms with Crippen LogP contribution in [-0.2, 0) is 6.42 Å². The molecule has 0 unspecified atom stereocenters. The Kier molecular flexibility index (Phi) is 11.3. The van der Waals surface area contributed by atoms with Gasteiger partial charge in [0.15, 0.2) is 0 Å². The van der Waals surface area contributed by atoms with Crippen LogP contribution >= 0.6 is 0 Å². The summed E-state index contributed by atoms with van der Waals surface area (Å²) in [4.78, 5) is 4.96. The quantitative estimate of drug-likeness (QED) is 0.151. The normalized spacial score (nSPS) is 14.3. The fourth-order valence-corrected chi connectivity index (χ4v) is 8.00. The second-order valence-electron chi connectivity index (χ2n) is 15.9. The summed E-state index contributed by atoms with van der Waals surface area (Å²) in [6, 6.07) is 31.6. The molecule has 0 bridgehead atoms. The molecule has 4 aromatic carbocycles. The van der Waals surface area contributed by atoms with E-state index in [1.807, 2.05) is 0 Å². The highest BCUT2D eigenvalue weighted by Gasteiger charge is 2.26. The zero-order chi connectivity index (χ0) is 37.1. The number of anilines is 5. The molecule has 0 saturated heterocycles. The van der Waals surface area contributed by atoms with E-state index in [0.717, 1.165) is 30.6 Å². The summed E-state index contributed by atoms with van der Waals surface area (Å²) in [5, 5.41) is 3.81. The first-order valence-electron chi connectivity index (χ1n) is 19.5. The molecule has 0 aliphatic heterocycles. The van der Waals surface area contributed by atoms with Crippen molar-refractivity contribution in [3.63, 3.8) is 0 Å². The van der Waals surface area contributed by atoms with Gasteiger partial charge in [-0.3, -0.25) is 0 Å². The van der Waals surface area contributed by atoms with Crippen LogP contribution in [0.3, 0.4) is 0 Å². The third-order valence-corrected chi connectivity index (χ3v) is 11.0. The van der Waals surface area contributed by atoms with Crippen LogP contribution in [0.15, 0.2) is 132 Å². The Hall–Kier alpha value is -4.76. The molecular weight excluding hydrogens is 631 g/mol. The summed E-state index contributed by atoms with van der Waals surface area (Å²) in [6.07, 6.45) is 12.3. The summed E-state index contributed by atoms with van der Waals surface area (Å²) < 4.78 is 0. The van der Waals surface area contributed by atoms with E-state index in [-0.39, 0.29) is 0 Å². The molecule has 2 aliphatic carbocycles. The predicted molar refractivity (Wildman–Crippen MR) is 227 cm³/mol. The number of allylic oxidation sites excluding steroid dienone is 6. The minimum atomic E-state index is 0.404. The first-order chi connectivity index (χ1) is 25.0. The molecule has 0 atom stereocenters. The summed E-state index contributed by atoms with van der Waals surface area (Å²) in [5.41, 5.74) is 18.3. The minimum absolute atomic E-state index is 0.404. The van der Waals surface area contributed by atoms with Crippen LogP contribution < -0.4 is 15.1 Å². The van der Waals surface area contributed by atoms with Crippen LogP contribution in [-0.4, -0.2) is 7.05 Å². The van der Waals surface area contributed by atoms with Crippen LogP contribution in [0.4, 0.5) is 28.4 Å². The van der Waals surface area contributed by atoms with E-state index in [9.17, 15) is 0 Å². The lowest BCUT2D eigenvalue weighted by atomic mass is 9.89. The van der Waals surface area contributed by atoms with Crippen LogP contribution in [0.25, 0.3) is 0 Å². The van der Waals surface area contributed by atoms with Crippen molar-refractivity contribution in [1.29, 1.82) is 0 Å². The van der Waals surface area contributed by atoms with Crippen molar-refractivity contribution in [3.05, 3.63) is 160 Å². The Morgan fingerprint density at radius 2 is 1.29 bits per heavy atom. The van der Waals surface area contributed by atoms with Gasteiger partial charge in [-0.25, -0.2) is 0 Å². The van der Waals surface area contributed by atoms with Crippen molar-refractivity contribution in [2.24, 2.45) is 5.92 Å². The largest absolute Gasteiger partial charge is 0.355 e. The SMILES string of the molecule is Cc1c(CC2=C(Nc3cccc(N(C4=C(C(C)C)CCC=C4)c4ccccc4N(C)c4c(C(C)C)cccc4C(C)C)c3)C=C2)cccc1C(C)C. The highest BCUT2D eigenvalue weighted by molar-refractivity contribution is 5.86. The summed E-state index contributed by atoms with van der Waals surface area (Å²) in [7, 11) is 2.26. The number of hydrogen-bond acceptors (Lipinski definition) is 3. The molecule has 3 nitrogen and oxygen atoms in total. The van der Waals surface area contributed by atoms with E-state index >= 15 is 0 Å². The monoisotopic (exact) mass is 689 g/mol. The minimum Gasteiger partial charge on any atom is -0.355 e. The molecule has 0 heterocycles. The maximum Gasteiger partial charge on any atom is 0.0698 e. The van der Waals surface area contributed by atoms with Crippen molar-refractivity contribution < 1.29 is 0 Å². The lowest BCUT2D eigenvalue weighted by Gasteiger charge is -2.36. The van der Waals surface area contributed by atoms with Crippen molar-refractivity contribution in [2.75, 3.05) is 22.2 Å². The van der Waals surface area contributed by atoms with Gasteiger partial charge in [0.2, 0.25) is 0 Å². The van der Waals surface area contributed by atoms with Crippen LogP contribution in [0, 0.1) is 12.8 Å². The zero-order valence-corrected chi connectivity index (χ0v) is 33.2. The van der Waals surface area contributed by atoms with Gasteiger partial charge < -0.3 is 15.1 Å². The fourth-order valence-electron chi connectivity index (χ4n) is 8.00. The highest BCUT2D eigenvalue weighted by Crippen LogP contribution is 2.46. The van der Waals surface area contributed by atoms with Crippen molar-refractivity contribution in [2.45, 2.75) is 99.3 Å². The fraction of sp³-hybridized carbons (Fsp3) is 0.347. The van der Waals surface area contributed by atoms with Crippen LogP contribution in [0.2, 0.25) is 0 Å². The van der Waals surface area contributed by atoms with Gasteiger partial charge in [-0.15, -0.1) is 0 Å². The van der Waals surface area contributed by atoms with Gasteiger partial charge in [-0.2, -0.15) is 0 Å². The lowest BCUT2D eigenvalue weighted by molar-refractivity contribution is 0.695. The molecule has 0 amide bonds. The van der Waals surface area contributed by atoms with Gasteiger partial charge in [0.25, 0.3) is 0 Å². The summed E-state index contributed by atoms with van der Waals surface area (Å²) in [5.74, 6) is 1.77. The molecule has 0 radical (unpaired) electrons. The maximum atomic E-state index is 3.81. The van der Waals surface area contributed by atoms with Gasteiger partial charge in [0.1, 0.15) is 0 Å². The first-order valence-corrected chi connectivity index (χ1v) is 19.5. The third-order valence-electron chi connectivity index (χ3n) is 11.0. The Morgan fingerprint density at radius 3 is 1.92 bits per heavy atom. The predicted octanol–water partition coefficient (Wildman–Crippen LogP) is 14.0. The number of nitrogens with zero attached hydrogens (tertiary/aromatic N) is 2. The second-order valence-corrected chi connectivity index (χ2v) is 15.9. The Bertz CT molecular complexity index is 2010. The summed E-state index contributed by atoms with van der Waals surface area (Å²) in [6.45, 7) is 20.8. The molecule has 2 aliphatic rings. The topological polar surface area (TPSA) is 18.5 Å². The number of rotatable bonds is 13. The van der Waals surface area contributed by atoms with Crippen molar-refractivity contribution >= 4 is 28.4 Å². The average Bonchev–Trinajstić information content (AvgIpc) is 3.12. The number of benzene rings is 4. The highest BCUT2D eigenvalue weighted by atomic mass is 15.2. The number of hydrogen-bond donors (Lipinski definition) is 1. The van der Waals surface area contributed by atoms with E-state index < -0.39 is 0 Å². The molecule has 1 N–H and O–H groups in total. The smallest absolute Gasteiger partial charge is 0.0698 e.